The number of aryl methyl sites for hydroxylation is 2. The Balaban J connectivity index is 1.19. The molecule has 0 spiro atoms. The highest BCUT2D eigenvalue weighted by Crippen LogP contribution is 2.40. The molecule has 1 saturated carbocycles. The SMILES string of the molecule is CN1CCN(C)C(c2ccc(Nc3nc(-c4ccc5c(c4)c(C(=O)c4ccc(C6CC6)cc4F)cn5C)cn(C)c3=O)cc2)C1=O. The summed E-state index contributed by atoms with van der Waals surface area (Å²) in [5.74, 6) is -0.302. The van der Waals surface area contributed by atoms with Gasteiger partial charge in [0.05, 0.1) is 11.3 Å². The van der Waals surface area contributed by atoms with Gasteiger partial charge in [0.15, 0.2) is 11.6 Å². The highest BCUT2D eigenvalue weighted by atomic mass is 19.1. The largest absolute Gasteiger partial charge is 0.350 e. The standard InChI is InChI=1S/C36H35FN6O3/c1-40-15-16-41(2)35(45)32(40)22-7-11-25(12-8-22)38-34-36(46)43(4)20-30(39-34)24-10-14-31-27(17-24)28(19-42(31)3)33(44)26-13-9-23(18-29(26)37)21-5-6-21/h7-14,17-21,32H,5-6,15-16H2,1-4H3,(H,38,39). The first kappa shape index (κ1) is 29.6. The van der Waals surface area contributed by atoms with Gasteiger partial charge in [0, 0.05) is 74.3 Å². The van der Waals surface area contributed by atoms with Gasteiger partial charge in [-0.15, -0.1) is 0 Å². The zero-order chi connectivity index (χ0) is 32.3. The van der Waals surface area contributed by atoms with Gasteiger partial charge in [-0.3, -0.25) is 19.3 Å². The van der Waals surface area contributed by atoms with Gasteiger partial charge >= 0.3 is 0 Å². The molecule has 3 heterocycles. The van der Waals surface area contributed by atoms with Crippen molar-refractivity contribution in [2.24, 2.45) is 14.1 Å². The summed E-state index contributed by atoms with van der Waals surface area (Å²) in [4.78, 5) is 48.0. The molecule has 1 atom stereocenters. The topological polar surface area (TPSA) is 92.5 Å². The smallest absolute Gasteiger partial charge is 0.293 e. The van der Waals surface area contributed by atoms with E-state index in [9.17, 15) is 14.4 Å². The molecule has 7 rings (SSSR count). The van der Waals surface area contributed by atoms with Crippen LogP contribution < -0.4 is 10.9 Å². The van der Waals surface area contributed by atoms with E-state index in [1.54, 1.807) is 30.4 Å². The van der Waals surface area contributed by atoms with Crippen LogP contribution in [-0.2, 0) is 18.9 Å². The molecule has 1 aliphatic carbocycles. The molecule has 2 aromatic heterocycles. The molecule has 2 aliphatic rings. The third-order valence-corrected chi connectivity index (χ3v) is 9.22. The molecule has 1 saturated heterocycles. The van der Waals surface area contributed by atoms with E-state index in [0.717, 1.165) is 36.0 Å². The number of fused-ring (bicyclic) bond motifs is 1. The van der Waals surface area contributed by atoms with Crippen LogP contribution in [0.15, 0.2) is 77.9 Å². The third-order valence-electron chi connectivity index (χ3n) is 9.22. The predicted molar refractivity (Wildman–Crippen MR) is 176 cm³/mol. The van der Waals surface area contributed by atoms with E-state index >= 15 is 4.39 Å². The molecule has 234 valence electrons. The first-order valence-electron chi connectivity index (χ1n) is 15.4. The number of aromatic nitrogens is 3. The summed E-state index contributed by atoms with van der Waals surface area (Å²) in [5, 5.41) is 3.82. The average Bonchev–Trinajstić information content (AvgIpc) is 3.85. The lowest BCUT2D eigenvalue weighted by molar-refractivity contribution is -0.139. The first-order chi connectivity index (χ1) is 22.1. The lowest BCUT2D eigenvalue weighted by Crippen LogP contribution is -2.48. The van der Waals surface area contributed by atoms with Crippen molar-refractivity contribution in [1.82, 2.24) is 23.9 Å². The number of nitrogens with one attached hydrogen (secondary N) is 1. The molecule has 9 nitrogen and oxygen atoms in total. The van der Waals surface area contributed by atoms with Crippen molar-refractivity contribution in [3.05, 3.63) is 111 Å². The van der Waals surface area contributed by atoms with Gasteiger partial charge in [0.1, 0.15) is 11.9 Å². The Labute approximate surface area is 265 Å². The highest BCUT2D eigenvalue weighted by molar-refractivity contribution is 6.17. The second-order valence-electron chi connectivity index (χ2n) is 12.5. The van der Waals surface area contributed by atoms with E-state index in [-0.39, 0.29) is 34.7 Å². The van der Waals surface area contributed by atoms with Crippen LogP contribution in [0.25, 0.3) is 22.2 Å². The van der Waals surface area contributed by atoms with E-state index < -0.39 is 5.82 Å². The molecule has 1 aliphatic heterocycles. The van der Waals surface area contributed by atoms with Crippen LogP contribution in [0.3, 0.4) is 0 Å². The molecule has 1 amide bonds. The number of halogens is 1. The van der Waals surface area contributed by atoms with E-state index in [1.807, 2.05) is 79.1 Å². The zero-order valence-electron chi connectivity index (χ0n) is 26.3. The summed E-state index contributed by atoms with van der Waals surface area (Å²) < 4.78 is 18.4. The highest BCUT2D eigenvalue weighted by Gasteiger charge is 2.32. The molecule has 2 fully saturated rings. The summed E-state index contributed by atoms with van der Waals surface area (Å²) in [7, 11) is 7.27. The Morgan fingerprint density at radius 1 is 0.848 bits per heavy atom. The van der Waals surface area contributed by atoms with Crippen LogP contribution in [0.1, 0.15) is 51.8 Å². The van der Waals surface area contributed by atoms with Gasteiger partial charge < -0.3 is 19.4 Å². The van der Waals surface area contributed by atoms with Crippen LogP contribution in [0.4, 0.5) is 15.9 Å². The number of carbonyl (C=O) groups excluding carboxylic acids is 2. The molecule has 0 radical (unpaired) electrons. The maximum atomic E-state index is 15.1. The summed E-state index contributed by atoms with van der Waals surface area (Å²) in [6.45, 7) is 1.48. The van der Waals surface area contributed by atoms with Gasteiger partial charge in [-0.2, -0.15) is 0 Å². The number of amides is 1. The fourth-order valence-electron chi connectivity index (χ4n) is 6.32. The first-order valence-corrected chi connectivity index (χ1v) is 15.4. The molecular formula is C36H35FN6O3. The van der Waals surface area contributed by atoms with Crippen molar-refractivity contribution in [3.8, 4) is 11.3 Å². The maximum Gasteiger partial charge on any atom is 0.293 e. The number of ketones is 1. The summed E-state index contributed by atoms with van der Waals surface area (Å²) in [6.07, 6.45) is 5.49. The average molecular weight is 619 g/mol. The molecule has 10 heteroatoms. The fraction of sp³-hybridized carbons (Fsp3) is 0.278. The summed E-state index contributed by atoms with van der Waals surface area (Å²) >= 11 is 0. The zero-order valence-corrected chi connectivity index (χ0v) is 26.3. The van der Waals surface area contributed by atoms with E-state index in [4.69, 9.17) is 0 Å². The fourth-order valence-corrected chi connectivity index (χ4v) is 6.32. The van der Waals surface area contributed by atoms with Crippen molar-refractivity contribution in [2.75, 3.05) is 32.5 Å². The van der Waals surface area contributed by atoms with Crippen molar-refractivity contribution in [2.45, 2.75) is 24.8 Å². The molecule has 46 heavy (non-hydrogen) atoms. The second-order valence-corrected chi connectivity index (χ2v) is 12.5. The predicted octanol–water partition coefficient (Wildman–Crippen LogP) is 5.38. The Hall–Kier alpha value is -5.09. The Kier molecular flexibility index (Phi) is 7.32. The van der Waals surface area contributed by atoms with Crippen LogP contribution in [-0.4, -0.2) is 62.8 Å². The number of rotatable bonds is 7. The van der Waals surface area contributed by atoms with Crippen LogP contribution in [0, 0.1) is 5.82 Å². The lowest BCUT2D eigenvalue weighted by Gasteiger charge is -2.37. The monoisotopic (exact) mass is 618 g/mol. The molecule has 0 bridgehead atoms. The van der Waals surface area contributed by atoms with E-state index in [2.05, 4.69) is 10.3 Å². The molecule has 3 aromatic carbocycles. The minimum Gasteiger partial charge on any atom is -0.350 e. The number of hydrogen-bond donors (Lipinski definition) is 1. The Bertz CT molecular complexity index is 2080. The second kappa shape index (κ2) is 11.4. The quantitative estimate of drug-likeness (QED) is 0.247. The number of hydrogen-bond acceptors (Lipinski definition) is 6. The minimum atomic E-state index is -0.504. The van der Waals surface area contributed by atoms with Gasteiger partial charge in [-0.1, -0.05) is 24.3 Å². The van der Waals surface area contributed by atoms with Crippen molar-refractivity contribution in [1.29, 1.82) is 0 Å². The van der Waals surface area contributed by atoms with Gasteiger partial charge in [0.2, 0.25) is 5.91 Å². The number of likely N-dealkylation sites (N-methyl/N-ethyl adjacent to an activating group) is 2. The number of piperazine rings is 1. The number of benzene rings is 3. The summed E-state index contributed by atoms with van der Waals surface area (Å²) in [5.41, 5.74) is 4.66. The third kappa shape index (κ3) is 5.28. The Morgan fingerprint density at radius 3 is 2.30 bits per heavy atom. The van der Waals surface area contributed by atoms with Crippen LogP contribution >= 0.6 is 0 Å². The molecule has 1 N–H and O–H groups in total. The van der Waals surface area contributed by atoms with Crippen molar-refractivity contribution >= 4 is 34.1 Å². The van der Waals surface area contributed by atoms with Gasteiger partial charge in [0.25, 0.3) is 5.56 Å². The molecule has 1 unspecified atom stereocenters. The van der Waals surface area contributed by atoms with E-state index in [0.29, 0.717) is 40.4 Å². The Morgan fingerprint density at radius 2 is 1.59 bits per heavy atom. The van der Waals surface area contributed by atoms with Crippen molar-refractivity contribution < 1.29 is 14.0 Å². The van der Waals surface area contributed by atoms with Gasteiger partial charge in [-0.05, 0) is 73.3 Å². The van der Waals surface area contributed by atoms with Gasteiger partial charge in [-0.25, -0.2) is 9.37 Å². The number of nitrogens with zero attached hydrogens (tertiary/aromatic N) is 5. The van der Waals surface area contributed by atoms with Crippen molar-refractivity contribution in [3.63, 3.8) is 0 Å². The maximum absolute atomic E-state index is 15.1. The molecule has 5 aromatic rings. The number of anilines is 2. The van der Waals surface area contributed by atoms with Crippen LogP contribution in [0.2, 0.25) is 0 Å². The van der Waals surface area contributed by atoms with Crippen LogP contribution in [0.5, 0.6) is 0 Å². The number of carbonyl (C=O) groups is 2. The minimum absolute atomic E-state index is 0.0477. The summed E-state index contributed by atoms with van der Waals surface area (Å²) in [6, 6.07) is 17.7. The normalized spacial score (nSPS) is 17.1. The lowest BCUT2D eigenvalue weighted by atomic mass is 9.98. The van der Waals surface area contributed by atoms with E-state index in [1.165, 1.54) is 10.6 Å². The molecular weight excluding hydrogens is 583 g/mol.